The Hall–Kier alpha value is -0.490. The van der Waals surface area contributed by atoms with E-state index in [4.69, 9.17) is 12.6 Å². The van der Waals surface area contributed by atoms with E-state index < -0.39 is 11.3 Å². The number of carbonyl (C=O) groups excluding carboxylic acids is 2. The van der Waals surface area contributed by atoms with Crippen molar-refractivity contribution in [1.82, 2.24) is 5.32 Å². The third-order valence-electron chi connectivity index (χ3n) is 3.56. The third kappa shape index (κ3) is 2.99. The molecule has 1 heterocycles. The predicted octanol–water partition coefficient (Wildman–Crippen LogP) is -1.53. The normalized spacial score (nSPS) is 30.1. The second-order valence-corrected chi connectivity index (χ2v) is 4.99. The topological polar surface area (TPSA) is 58.5 Å². The predicted molar refractivity (Wildman–Crippen MR) is 71.7 cm³/mol. The molecule has 0 aromatic carbocycles. The zero-order valence-electron chi connectivity index (χ0n) is 11.0. The monoisotopic (exact) mass is 286 g/mol. The Bertz CT molecular complexity index is 462. The van der Waals surface area contributed by atoms with Crippen molar-refractivity contribution in [2.24, 2.45) is 16.3 Å². The summed E-state index contributed by atoms with van der Waals surface area (Å²) in [4.78, 5) is 28.3. The maximum atomic E-state index is 12.3. The number of hydrogen-bond donors (Lipinski definition) is 1. The van der Waals surface area contributed by atoms with Crippen LogP contribution in [-0.4, -0.2) is 17.0 Å². The summed E-state index contributed by atoms with van der Waals surface area (Å²) in [5.74, 6) is -0.903. The summed E-state index contributed by atoms with van der Waals surface area (Å²) in [6.45, 7) is 3.65. The number of nitrogens with zero attached hydrogens (tertiary/aromatic N) is 1. The molecule has 1 N–H and O–H groups in total. The summed E-state index contributed by atoms with van der Waals surface area (Å²) >= 11 is 4.78. The van der Waals surface area contributed by atoms with Gasteiger partial charge in [0.2, 0.25) is 5.91 Å². The van der Waals surface area contributed by atoms with E-state index >= 15 is 0 Å². The largest absolute Gasteiger partial charge is 1.00 e. The van der Waals surface area contributed by atoms with E-state index in [9.17, 15) is 9.59 Å². The van der Waals surface area contributed by atoms with Crippen molar-refractivity contribution in [3.63, 3.8) is 0 Å². The summed E-state index contributed by atoms with van der Waals surface area (Å²) in [5.41, 5.74) is -1.15. The van der Waals surface area contributed by atoms with Crippen LogP contribution in [0.25, 0.3) is 0 Å². The van der Waals surface area contributed by atoms with E-state index in [1.807, 2.05) is 12.2 Å². The molecule has 0 aromatic heterocycles. The van der Waals surface area contributed by atoms with E-state index in [1.165, 1.54) is 0 Å². The Morgan fingerprint density at radius 2 is 2.32 bits per heavy atom. The van der Waals surface area contributed by atoms with Crippen molar-refractivity contribution in [1.29, 1.82) is 0 Å². The summed E-state index contributed by atoms with van der Waals surface area (Å²) in [5, 5.41) is 2.47. The SMILES string of the molecule is C=CCC1(C2C=CCCC2)C(=O)N=C([S-])NC1=O.[Na+]. The van der Waals surface area contributed by atoms with Gasteiger partial charge in [-0.05, 0) is 30.9 Å². The molecule has 1 aliphatic heterocycles. The van der Waals surface area contributed by atoms with E-state index in [-0.39, 0.29) is 46.6 Å². The summed E-state index contributed by atoms with van der Waals surface area (Å²) in [6.07, 6.45) is 8.65. The smallest absolute Gasteiger partial charge is 0.742 e. The van der Waals surface area contributed by atoms with Crippen LogP contribution >= 0.6 is 0 Å². The standard InChI is InChI=1S/C13H16N2O2S.Na/c1-2-8-13(9-6-4-3-5-7-9)10(16)14-12(18)15-11(13)17;/h2,4,6,9H,1,3,5,7-8H2,(H2,14,15,16,17,18);/q;+1/p-1. The van der Waals surface area contributed by atoms with Crippen molar-refractivity contribution in [2.75, 3.05) is 0 Å². The Balaban J connectivity index is 0.00000180. The van der Waals surface area contributed by atoms with Gasteiger partial charge in [-0.25, -0.2) is 4.99 Å². The summed E-state index contributed by atoms with van der Waals surface area (Å²) < 4.78 is 0. The Kier molecular flexibility index (Phi) is 5.92. The van der Waals surface area contributed by atoms with Crippen molar-refractivity contribution in [3.05, 3.63) is 24.8 Å². The first-order chi connectivity index (χ1) is 8.61. The van der Waals surface area contributed by atoms with Crippen molar-refractivity contribution in [3.8, 4) is 0 Å². The molecular weight excluding hydrogens is 271 g/mol. The molecule has 6 heteroatoms. The number of amidine groups is 1. The molecule has 2 rings (SSSR count). The van der Waals surface area contributed by atoms with E-state index in [2.05, 4.69) is 16.9 Å². The minimum absolute atomic E-state index is 0. The van der Waals surface area contributed by atoms with Gasteiger partial charge in [0.05, 0.1) is 0 Å². The first-order valence-corrected chi connectivity index (χ1v) is 6.41. The van der Waals surface area contributed by atoms with Crippen LogP contribution in [0.3, 0.4) is 0 Å². The molecule has 0 bridgehead atoms. The zero-order valence-corrected chi connectivity index (χ0v) is 13.8. The Morgan fingerprint density at radius 3 is 2.84 bits per heavy atom. The van der Waals surface area contributed by atoms with Gasteiger partial charge in [0, 0.05) is 5.92 Å². The van der Waals surface area contributed by atoms with Crippen LogP contribution in [0.1, 0.15) is 25.7 Å². The van der Waals surface area contributed by atoms with Crippen molar-refractivity contribution in [2.45, 2.75) is 25.7 Å². The molecule has 0 radical (unpaired) electrons. The minimum Gasteiger partial charge on any atom is -0.742 e. The van der Waals surface area contributed by atoms with Gasteiger partial charge in [-0.2, -0.15) is 0 Å². The summed E-state index contributed by atoms with van der Waals surface area (Å²) in [6, 6.07) is 0. The Morgan fingerprint density at radius 1 is 1.58 bits per heavy atom. The fourth-order valence-corrected chi connectivity index (χ4v) is 2.81. The summed E-state index contributed by atoms with van der Waals surface area (Å²) in [7, 11) is 0. The van der Waals surface area contributed by atoms with Crippen molar-refractivity contribution < 1.29 is 39.1 Å². The fourth-order valence-electron chi connectivity index (χ4n) is 2.63. The van der Waals surface area contributed by atoms with Gasteiger partial charge in [0.1, 0.15) is 5.41 Å². The van der Waals surface area contributed by atoms with Crippen LogP contribution in [0.5, 0.6) is 0 Å². The molecule has 0 spiro atoms. The van der Waals surface area contributed by atoms with Crippen LogP contribution in [0.4, 0.5) is 0 Å². The second kappa shape index (κ2) is 6.79. The number of hydrogen-bond acceptors (Lipinski definition) is 3. The number of allylic oxidation sites excluding steroid dienone is 3. The molecule has 1 aliphatic carbocycles. The van der Waals surface area contributed by atoms with Gasteiger partial charge in [0.15, 0.2) is 0 Å². The van der Waals surface area contributed by atoms with Gasteiger partial charge < -0.3 is 17.9 Å². The van der Waals surface area contributed by atoms with Crippen LogP contribution in [0, 0.1) is 11.3 Å². The maximum Gasteiger partial charge on any atom is 1.00 e. The second-order valence-electron chi connectivity index (χ2n) is 4.61. The number of rotatable bonds is 3. The zero-order chi connectivity index (χ0) is 13.2. The fraction of sp³-hybridized carbons (Fsp3) is 0.462. The molecule has 0 saturated heterocycles. The first kappa shape index (κ1) is 16.6. The number of carbonyl (C=O) groups is 2. The average Bonchev–Trinajstić information content (AvgIpc) is 2.35. The van der Waals surface area contributed by atoms with E-state index in [1.54, 1.807) is 6.08 Å². The van der Waals surface area contributed by atoms with Crippen LogP contribution in [-0.2, 0) is 22.2 Å². The van der Waals surface area contributed by atoms with Crippen molar-refractivity contribution >= 4 is 29.6 Å². The molecule has 96 valence electrons. The molecule has 2 unspecified atom stereocenters. The molecular formula is C13H15N2NaO2S. The number of nitrogens with one attached hydrogen (secondary N) is 1. The van der Waals surface area contributed by atoms with Gasteiger partial charge in [-0.15, -0.1) is 6.58 Å². The molecule has 0 fully saturated rings. The van der Waals surface area contributed by atoms with E-state index in [0.29, 0.717) is 6.42 Å². The Labute approximate surface area is 140 Å². The van der Waals surface area contributed by atoms with Gasteiger partial charge in [-0.1, -0.05) is 18.2 Å². The number of aliphatic imine (C=N–C) groups is 1. The molecule has 2 aliphatic rings. The van der Waals surface area contributed by atoms with Crippen LogP contribution in [0.2, 0.25) is 0 Å². The first-order valence-electron chi connectivity index (χ1n) is 6.00. The molecule has 2 atom stereocenters. The maximum absolute atomic E-state index is 12.3. The molecule has 4 nitrogen and oxygen atoms in total. The minimum atomic E-state index is -1.15. The van der Waals surface area contributed by atoms with Crippen LogP contribution < -0.4 is 34.9 Å². The quantitative estimate of drug-likeness (QED) is 0.296. The van der Waals surface area contributed by atoms with Gasteiger partial charge in [0.25, 0.3) is 5.91 Å². The molecule has 0 saturated carbocycles. The molecule has 19 heavy (non-hydrogen) atoms. The number of amides is 2. The van der Waals surface area contributed by atoms with Gasteiger partial charge in [-0.3, -0.25) is 9.59 Å². The molecule has 0 aromatic rings. The van der Waals surface area contributed by atoms with Gasteiger partial charge >= 0.3 is 29.6 Å². The van der Waals surface area contributed by atoms with Crippen LogP contribution in [0.15, 0.2) is 29.8 Å². The average molecular weight is 286 g/mol. The molecule has 2 amide bonds. The van der Waals surface area contributed by atoms with E-state index in [0.717, 1.165) is 19.3 Å². The third-order valence-corrected chi connectivity index (χ3v) is 3.76.